The summed E-state index contributed by atoms with van der Waals surface area (Å²) in [5.74, 6) is -0.663. The minimum absolute atomic E-state index is 0.272. The number of amides is 2. The molecule has 0 saturated heterocycles. The van der Waals surface area contributed by atoms with E-state index in [9.17, 15) is 14.0 Å². The molecule has 3 aromatic carbocycles. The van der Waals surface area contributed by atoms with Crippen molar-refractivity contribution in [2.45, 2.75) is 13.3 Å². The van der Waals surface area contributed by atoms with Gasteiger partial charge in [-0.25, -0.2) is 9.29 Å². The van der Waals surface area contributed by atoms with Gasteiger partial charge in [-0.1, -0.05) is 36.4 Å². The topological polar surface area (TPSA) is 49.9 Å². The van der Waals surface area contributed by atoms with Gasteiger partial charge < -0.3 is 9.64 Å². The van der Waals surface area contributed by atoms with E-state index in [0.29, 0.717) is 35.8 Å². The van der Waals surface area contributed by atoms with Crippen LogP contribution in [0.3, 0.4) is 0 Å². The second-order valence-electron chi connectivity index (χ2n) is 7.64. The van der Waals surface area contributed by atoms with Gasteiger partial charge in [-0.2, -0.15) is 0 Å². The molecule has 0 unspecified atom stereocenters. The lowest BCUT2D eigenvalue weighted by molar-refractivity contribution is -0.120. The number of halogens is 1. The summed E-state index contributed by atoms with van der Waals surface area (Å²) in [4.78, 5) is 30.4. The Morgan fingerprint density at radius 3 is 2.50 bits per heavy atom. The summed E-state index contributed by atoms with van der Waals surface area (Å²) in [6.07, 6.45) is 0.775. The lowest BCUT2D eigenvalue weighted by Gasteiger charge is -2.22. The van der Waals surface area contributed by atoms with Gasteiger partial charge in [0.05, 0.1) is 17.9 Å². The fourth-order valence-corrected chi connectivity index (χ4v) is 4.33. The summed E-state index contributed by atoms with van der Waals surface area (Å²) in [5.41, 5.74) is 3.56. The minimum atomic E-state index is -0.436. The molecule has 0 atom stereocenters. The third-order valence-electron chi connectivity index (χ3n) is 5.74. The van der Waals surface area contributed by atoms with Gasteiger partial charge in [0.25, 0.3) is 11.8 Å². The maximum Gasteiger partial charge on any atom is 0.282 e. The molecule has 0 saturated carbocycles. The number of rotatable bonds is 5. The third kappa shape index (κ3) is 3.24. The van der Waals surface area contributed by atoms with E-state index in [4.69, 9.17) is 4.74 Å². The highest BCUT2D eigenvalue weighted by Gasteiger charge is 2.44. The molecule has 5 rings (SSSR count). The van der Waals surface area contributed by atoms with E-state index in [1.165, 1.54) is 29.2 Å². The average Bonchev–Trinajstić information content (AvgIpc) is 3.33. The van der Waals surface area contributed by atoms with Crippen LogP contribution in [0, 0.1) is 5.82 Å². The first-order valence-corrected chi connectivity index (χ1v) is 10.6. The number of ether oxygens (including phenoxy) is 1. The first-order chi connectivity index (χ1) is 15.6. The maximum absolute atomic E-state index is 13.7. The highest BCUT2D eigenvalue weighted by Crippen LogP contribution is 2.40. The van der Waals surface area contributed by atoms with Crippen molar-refractivity contribution in [2.75, 3.05) is 23.0 Å². The molecule has 0 fully saturated rings. The maximum atomic E-state index is 13.7. The largest absolute Gasteiger partial charge is 0.494 e. The number of hydrogen-bond acceptors (Lipinski definition) is 4. The van der Waals surface area contributed by atoms with Crippen LogP contribution in [0.15, 0.2) is 78.5 Å². The van der Waals surface area contributed by atoms with Crippen molar-refractivity contribution in [2.24, 2.45) is 0 Å². The van der Waals surface area contributed by atoms with Crippen molar-refractivity contribution in [1.29, 1.82) is 0 Å². The van der Waals surface area contributed by atoms with E-state index < -0.39 is 17.6 Å². The van der Waals surface area contributed by atoms with Gasteiger partial charge in [-0.15, -0.1) is 0 Å². The molecule has 0 spiro atoms. The van der Waals surface area contributed by atoms with Crippen LogP contribution in [0.4, 0.5) is 15.8 Å². The number of carbonyl (C=O) groups excluding carboxylic acids is 2. The van der Waals surface area contributed by atoms with Gasteiger partial charge in [0, 0.05) is 18.3 Å². The Balaban J connectivity index is 1.65. The number of nitrogens with zero attached hydrogens (tertiary/aromatic N) is 2. The lowest BCUT2D eigenvalue weighted by Crippen LogP contribution is -2.34. The van der Waals surface area contributed by atoms with Crippen LogP contribution in [0.5, 0.6) is 5.75 Å². The SMILES string of the molecule is CCOc1cccc(N2C(=O)C(c3ccc(F)cc3)=C(N3CCc4ccccc43)C2=O)c1. The Morgan fingerprint density at radius 2 is 1.72 bits per heavy atom. The molecule has 6 heteroatoms. The normalized spacial score (nSPS) is 15.6. The molecular formula is C26H21FN2O3. The number of fused-ring (bicyclic) bond motifs is 1. The van der Waals surface area contributed by atoms with E-state index in [1.807, 2.05) is 36.1 Å². The van der Waals surface area contributed by atoms with Gasteiger partial charge in [0.1, 0.15) is 17.3 Å². The predicted molar refractivity (Wildman–Crippen MR) is 121 cm³/mol. The first-order valence-electron chi connectivity index (χ1n) is 10.6. The molecule has 3 aromatic rings. The van der Waals surface area contributed by atoms with Gasteiger partial charge in [0.15, 0.2) is 0 Å². The summed E-state index contributed by atoms with van der Waals surface area (Å²) < 4.78 is 19.2. The van der Waals surface area contributed by atoms with Crippen LogP contribution in [0.25, 0.3) is 5.57 Å². The highest BCUT2D eigenvalue weighted by atomic mass is 19.1. The summed E-state index contributed by atoms with van der Waals surface area (Å²) in [7, 11) is 0. The summed E-state index contributed by atoms with van der Waals surface area (Å²) in [5, 5.41) is 0. The quantitative estimate of drug-likeness (QED) is 0.559. The molecule has 0 radical (unpaired) electrons. The van der Waals surface area contributed by atoms with Crippen molar-refractivity contribution < 1.29 is 18.7 Å². The van der Waals surface area contributed by atoms with Crippen molar-refractivity contribution in [3.05, 3.63) is 95.4 Å². The lowest BCUT2D eigenvalue weighted by atomic mass is 10.0. The van der Waals surface area contributed by atoms with Crippen molar-refractivity contribution in [3.63, 3.8) is 0 Å². The van der Waals surface area contributed by atoms with Crippen LogP contribution in [0.2, 0.25) is 0 Å². The summed E-state index contributed by atoms with van der Waals surface area (Å²) in [6, 6.07) is 20.5. The van der Waals surface area contributed by atoms with E-state index in [1.54, 1.807) is 24.3 Å². The van der Waals surface area contributed by atoms with Crippen LogP contribution in [0.1, 0.15) is 18.1 Å². The first kappa shape index (κ1) is 20.0. The van der Waals surface area contributed by atoms with E-state index in [2.05, 4.69) is 0 Å². The molecular weight excluding hydrogens is 407 g/mol. The molecule has 0 aliphatic carbocycles. The number of anilines is 2. The summed E-state index contributed by atoms with van der Waals surface area (Å²) >= 11 is 0. The predicted octanol–water partition coefficient (Wildman–Crippen LogP) is 4.57. The van der Waals surface area contributed by atoms with Gasteiger partial charge >= 0.3 is 0 Å². The Morgan fingerprint density at radius 1 is 0.938 bits per heavy atom. The number of hydrogen-bond donors (Lipinski definition) is 0. The fraction of sp³-hybridized carbons (Fsp3) is 0.154. The van der Waals surface area contributed by atoms with Crippen molar-refractivity contribution in [1.82, 2.24) is 0 Å². The zero-order valence-electron chi connectivity index (χ0n) is 17.5. The van der Waals surface area contributed by atoms with Gasteiger partial charge in [0.2, 0.25) is 0 Å². The van der Waals surface area contributed by atoms with Gasteiger partial charge in [-0.05, 0) is 54.8 Å². The molecule has 32 heavy (non-hydrogen) atoms. The van der Waals surface area contributed by atoms with Crippen LogP contribution < -0.4 is 14.5 Å². The molecule has 2 aliphatic heterocycles. The fourth-order valence-electron chi connectivity index (χ4n) is 4.33. The van der Waals surface area contributed by atoms with Crippen LogP contribution in [-0.4, -0.2) is 25.0 Å². The zero-order chi connectivity index (χ0) is 22.2. The second kappa shape index (κ2) is 7.96. The Kier molecular flexibility index (Phi) is 4.98. The Bertz CT molecular complexity index is 1250. The van der Waals surface area contributed by atoms with E-state index in [0.717, 1.165) is 17.7 Å². The molecule has 5 nitrogen and oxygen atoms in total. The third-order valence-corrected chi connectivity index (χ3v) is 5.74. The van der Waals surface area contributed by atoms with E-state index >= 15 is 0 Å². The monoisotopic (exact) mass is 428 g/mol. The van der Waals surface area contributed by atoms with Crippen molar-refractivity contribution in [3.8, 4) is 5.75 Å². The molecule has 0 aromatic heterocycles. The van der Waals surface area contributed by atoms with Crippen molar-refractivity contribution >= 4 is 28.8 Å². The van der Waals surface area contributed by atoms with E-state index in [-0.39, 0.29) is 5.57 Å². The number of carbonyl (C=O) groups is 2. The summed E-state index contributed by atoms with van der Waals surface area (Å²) in [6.45, 7) is 2.93. The molecule has 2 aliphatic rings. The molecule has 2 heterocycles. The second-order valence-corrected chi connectivity index (χ2v) is 7.64. The molecule has 2 amide bonds. The minimum Gasteiger partial charge on any atom is -0.494 e. The smallest absolute Gasteiger partial charge is 0.282 e. The molecule has 160 valence electrons. The average molecular weight is 428 g/mol. The molecule has 0 bridgehead atoms. The van der Waals surface area contributed by atoms with Gasteiger partial charge in [-0.3, -0.25) is 9.59 Å². The number of benzene rings is 3. The van der Waals surface area contributed by atoms with Crippen LogP contribution >= 0.6 is 0 Å². The number of para-hydroxylation sites is 1. The standard InChI is InChI=1S/C26H21FN2O3/c1-2-32-21-8-5-7-20(16-21)29-25(30)23(18-10-12-19(27)13-11-18)24(26(29)31)28-15-14-17-6-3-4-9-22(17)28/h3-13,16H,2,14-15H2,1H3. The number of imide groups is 1. The highest BCUT2D eigenvalue weighted by molar-refractivity contribution is 6.46. The Hall–Kier alpha value is -3.93. The zero-order valence-corrected chi connectivity index (χ0v) is 17.5. The Labute approximate surface area is 185 Å². The van der Waals surface area contributed by atoms with Crippen LogP contribution in [-0.2, 0) is 16.0 Å². The molecule has 0 N–H and O–H groups in total.